The van der Waals surface area contributed by atoms with Crippen LogP contribution in [0, 0.1) is 0 Å². The van der Waals surface area contributed by atoms with Gasteiger partial charge in [0.15, 0.2) is 0 Å². The van der Waals surface area contributed by atoms with Crippen LogP contribution in [0.3, 0.4) is 0 Å². The maximum atomic E-state index is 11.8. The van der Waals surface area contributed by atoms with E-state index in [2.05, 4.69) is 27.7 Å². The van der Waals surface area contributed by atoms with Crippen LogP contribution in [0.2, 0.25) is 0 Å². The second-order valence-corrected chi connectivity index (χ2v) is 10.1. The molecule has 3 rings (SSSR count). The lowest BCUT2D eigenvalue weighted by Crippen LogP contribution is -2.44. The van der Waals surface area contributed by atoms with E-state index in [1.807, 2.05) is 18.2 Å². The molecule has 0 spiro atoms. The predicted octanol–water partition coefficient (Wildman–Crippen LogP) is 3.67. The van der Waals surface area contributed by atoms with E-state index in [1.54, 1.807) is 19.2 Å². The van der Waals surface area contributed by atoms with Crippen molar-refractivity contribution in [3.05, 3.63) is 36.0 Å². The molecule has 0 atom stereocenters. The molecule has 1 aromatic carbocycles. The molecular weight excluding hydrogens is 380 g/mol. The molecule has 0 bridgehead atoms. The second-order valence-electron chi connectivity index (χ2n) is 8.51. The fourth-order valence-electron chi connectivity index (χ4n) is 4.07. The summed E-state index contributed by atoms with van der Waals surface area (Å²) in [5, 5.41) is 4.72. The highest BCUT2D eigenvalue weighted by Gasteiger charge is 2.41. The largest absolute Gasteiger partial charge is 0.494 e. The smallest absolute Gasteiger partial charge is 0.307 e. The Hall–Kier alpha value is -2.06. The number of methoxy groups -OCH3 is 1. The van der Waals surface area contributed by atoms with Crippen molar-refractivity contribution in [3.63, 3.8) is 0 Å². The Balaban J connectivity index is 2.09. The topological polar surface area (TPSA) is 79.7 Å². The number of benzene rings is 1. The van der Waals surface area contributed by atoms with Gasteiger partial charge in [-0.05, 0) is 52.7 Å². The Labute approximate surface area is 166 Å². The van der Waals surface area contributed by atoms with Crippen LogP contribution in [0.5, 0.6) is 11.6 Å². The standard InChI is InChI=1S/C20H28N2O5S/c1-19(2)12-14(13-20(3,4)27-19)15-11-18(26-28(6,23)24)22(21-15)16-9-7-8-10-17(16)25-5/h7-11,14H,12-13H2,1-6H3. The molecular formula is C20H28N2O5S. The van der Waals surface area contributed by atoms with Crippen molar-refractivity contribution >= 4 is 10.1 Å². The fraction of sp³-hybridized carbons (Fsp3) is 0.550. The minimum atomic E-state index is -3.72. The molecule has 7 nitrogen and oxygen atoms in total. The zero-order valence-corrected chi connectivity index (χ0v) is 18.0. The molecule has 154 valence electrons. The Kier molecular flexibility index (Phi) is 5.22. The SMILES string of the molecule is COc1ccccc1-n1nc(C2CC(C)(C)OC(C)(C)C2)cc1OS(C)(=O)=O. The summed E-state index contributed by atoms with van der Waals surface area (Å²) in [4.78, 5) is 0. The number of para-hydroxylation sites is 2. The van der Waals surface area contributed by atoms with Crippen molar-refractivity contribution in [2.75, 3.05) is 13.4 Å². The quantitative estimate of drug-likeness (QED) is 0.703. The Morgan fingerprint density at radius 1 is 1.14 bits per heavy atom. The highest BCUT2D eigenvalue weighted by molar-refractivity contribution is 7.86. The molecule has 1 aliphatic heterocycles. The first-order chi connectivity index (χ1) is 12.9. The molecule has 8 heteroatoms. The molecule has 0 radical (unpaired) electrons. The van der Waals surface area contributed by atoms with E-state index in [4.69, 9.17) is 18.8 Å². The molecule has 2 heterocycles. The Morgan fingerprint density at radius 3 is 2.32 bits per heavy atom. The van der Waals surface area contributed by atoms with Gasteiger partial charge in [-0.15, -0.1) is 0 Å². The van der Waals surface area contributed by atoms with Gasteiger partial charge in [-0.2, -0.15) is 18.2 Å². The van der Waals surface area contributed by atoms with E-state index >= 15 is 0 Å². The predicted molar refractivity (Wildman–Crippen MR) is 107 cm³/mol. The molecule has 0 aliphatic carbocycles. The number of aromatic nitrogens is 2. The van der Waals surface area contributed by atoms with Crippen LogP contribution in [0.25, 0.3) is 5.69 Å². The molecule has 0 N–H and O–H groups in total. The lowest BCUT2D eigenvalue weighted by atomic mass is 9.79. The number of rotatable bonds is 5. The van der Waals surface area contributed by atoms with Crippen LogP contribution >= 0.6 is 0 Å². The minimum Gasteiger partial charge on any atom is -0.494 e. The number of hydrogen-bond donors (Lipinski definition) is 0. The summed E-state index contributed by atoms with van der Waals surface area (Å²) >= 11 is 0. The van der Waals surface area contributed by atoms with Gasteiger partial charge in [-0.1, -0.05) is 12.1 Å². The minimum absolute atomic E-state index is 0.108. The summed E-state index contributed by atoms with van der Waals surface area (Å²) in [5.74, 6) is 0.823. The molecule has 1 aromatic heterocycles. The lowest BCUT2D eigenvalue weighted by molar-refractivity contribution is -0.162. The first-order valence-electron chi connectivity index (χ1n) is 9.22. The molecule has 1 aliphatic rings. The van der Waals surface area contributed by atoms with Gasteiger partial charge in [0, 0.05) is 12.0 Å². The molecule has 1 fully saturated rings. The molecule has 1 saturated heterocycles. The van der Waals surface area contributed by atoms with E-state index in [0.717, 1.165) is 24.8 Å². The van der Waals surface area contributed by atoms with Crippen LogP contribution in [0.15, 0.2) is 30.3 Å². The third-order valence-electron chi connectivity index (χ3n) is 4.69. The molecule has 2 aromatic rings. The van der Waals surface area contributed by atoms with E-state index in [9.17, 15) is 8.42 Å². The summed E-state index contributed by atoms with van der Waals surface area (Å²) in [6.07, 6.45) is 2.57. The van der Waals surface area contributed by atoms with Crippen molar-refractivity contribution in [2.24, 2.45) is 0 Å². The van der Waals surface area contributed by atoms with Crippen molar-refractivity contribution < 1.29 is 22.1 Å². The van der Waals surface area contributed by atoms with Gasteiger partial charge < -0.3 is 13.7 Å². The molecule has 28 heavy (non-hydrogen) atoms. The first-order valence-corrected chi connectivity index (χ1v) is 11.0. The maximum absolute atomic E-state index is 11.8. The first kappa shape index (κ1) is 20.7. The van der Waals surface area contributed by atoms with Gasteiger partial charge >= 0.3 is 10.1 Å². The van der Waals surface area contributed by atoms with Crippen molar-refractivity contribution in [2.45, 2.75) is 57.7 Å². The van der Waals surface area contributed by atoms with E-state index in [-0.39, 0.29) is 23.0 Å². The third kappa shape index (κ3) is 4.67. The zero-order chi connectivity index (χ0) is 20.7. The van der Waals surface area contributed by atoms with Gasteiger partial charge in [0.1, 0.15) is 11.4 Å². The Bertz CT molecular complexity index is 947. The van der Waals surface area contributed by atoms with Gasteiger partial charge in [0.2, 0.25) is 5.88 Å². The summed E-state index contributed by atoms with van der Waals surface area (Å²) in [6.45, 7) is 8.25. The van der Waals surface area contributed by atoms with Crippen molar-refractivity contribution in [3.8, 4) is 17.3 Å². The third-order valence-corrected chi connectivity index (χ3v) is 5.17. The zero-order valence-electron chi connectivity index (χ0n) is 17.2. The van der Waals surface area contributed by atoms with E-state index in [0.29, 0.717) is 11.4 Å². The van der Waals surface area contributed by atoms with Crippen LogP contribution in [-0.4, -0.2) is 42.8 Å². The second kappa shape index (κ2) is 7.08. The highest BCUT2D eigenvalue weighted by atomic mass is 32.2. The number of nitrogens with zero attached hydrogens (tertiary/aromatic N) is 2. The molecule has 0 amide bonds. The average Bonchev–Trinajstić information content (AvgIpc) is 2.93. The van der Waals surface area contributed by atoms with Crippen LogP contribution in [0.4, 0.5) is 0 Å². The van der Waals surface area contributed by atoms with Crippen LogP contribution < -0.4 is 8.92 Å². The van der Waals surface area contributed by atoms with Gasteiger partial charge in [0.25, 0.3) is 0 Å². The summed E-state index contributed by atoms with van der Waals surface area (Å²) in [6, 6.07) is 8.98. The van der Waals surface area contributed by atoms with Gasteiger partial charge in [-0.25, -0.2) is 0 Å². The Morgan fingerprint density at radius 2 is 1.75 bits per heavy atom. The van der Waals surface area contributed by atoms with E-state index < -0.39 is 10.1 Å². The molecule has 0 unspecified atom stereocenters. The van der Waals surface area contributed by atoms with E-state index in [1.165, 1.54) is 4.68 Å². The average molecular weight is 409 g/mol. The summed E-state index contributed by atoms with van der Waals surface area (Å²) < 4.78 is 42.0. The van der Waals surface area contributed by atoms with Crippen LogP contribution in [0.1, 0.15) is 52.1 Å². The molecule has 0 saturated carbocycles. The van der Waals surface area contributed by atoms with Crippen molar-refractivity contribution in [1.82, 2.24) is 9.78 Å². The number of hydrogen-bond acceptors (Lipinski definition) is 6. The van der Waals surface area contributed by atoms with Crippen LogP contribution in [-0.2, 0) is 14.9 Å². The highest BCUT2D eigenvalue weighted by Crippen LogP contribution is 2.44. The lowest BCUT2D eigenvalue weighted by Gasteiger charge is -2.44. The van der Waals surface area contributed by atoms with Crippen molar-refractivity contribution in [1.29, 1.82) is 0 Å². The van der Waals surface area contributed by atoms with Gasteiger partial charge in [-0.3, -0.25) is 0 Å². The fourth-order valence-corrected chi connectivity index (χ4v) is 4.50. The number of ether oxygens (including phenoxy) is 2. The maximum Gasteiger partial charge on any atom is 0.307 e. The summed E-state index contributed by atoms with van der Waals surface area (Å²) in [7, 11) is -2.16. The van der Waals surface area contributed by atoms with Gasteiger partial charge in [0.05, 0.1) is 30.3 Å². The monoisotopic (exact) mass is 408 g/mol. The normalized spacial score (nSPS) is 19.4. The summed E-state index contributed by atoms with van der Waals surface area (Å²) in [5.41, 5.74) is 0.770.